The number of alkyl carbamates (subject to hydrolysis) is 1. The molecule has 0 aliphatic carbocycles. The molecule has 214 valence electrons. The van der Waals surface area contributed by atoms with E-state index in [1.54, 1.807) is 32.9 Å². The maximum atomic E-state index is 14.2. The monoisotopic (exact) mass is 532 g/mol. The summed E-state index contributed by atoms with van der Waals surface area (Å²) in [5.41, 5.74) is 5.30. The summed E-state index contributed by atoms with van der Waals surface area (Å²) in [6.07, 6.45) is 1.85. The van der Waals surface area contributed by atoms with Crippen LogP contribution < -0.4 is 16.4 Å². The number of nitrogens with one attached hydrogen (secondary N) is 2. The molecule has 0 aliphatic heterocycles. The van der Waals surface area contributed by atoms with Crippen molar-refractivity contribution in [3.63, 3.8) is 0 Å². The first kappa shape index (κ1) is 32.9. The van der Waals surface area contributed by atoms with Crippen LogP contribution in [0.5, 0.6) is 0 Å². The van der Waals surface area contributed by atoms with E-state index in [-0.39, 0.29) is 18.0 Å². The van der Waals surface area contributed by atoms with E-state index < -0.39 is 42.0 Å². The molecule has 4 amide bonds. The van der Waals surface area contributed by atoms with Crippen LogP contribution in [0.2, 0.25) is 0 Å². The number of amides is 4. The fourth-order valence-corrected chi connectivity index (χ4v) is 4.24. The zero-order valence-electron chi connectivity index (χ0n) is 24.4. The van der Waals surface area contributed by atoms with Gasteiger partial charge in [0, 0.05) is 12.1 Å². The Morgan fingerprint density at radius 2 is 1.55 bits per heavy atom. The number of rotatable bonds is 14. The van der Waals surface area contributed by atoms with Crippen molar-refractivity contribution in [1.29, 1.82) is 0 Å². The standard InChI is InChI=1S/C29H48N4O5/c1-9-13-20(4)31-26(35)25(22-14-11-10-12-15-22)33(21(5)17-16-19(2)3)27(36)23(18-24(30)34)32-28(37)38-29(6,7)8/h10-12,14-15,19-21,23,25H,9,13,16-18H2,1-8H3,(H2,30,34)(H,31,35)(H,32,37). The van der Waals surface area contributed by atoms with Gasteiger partial charge in [0.25, 0.3) is 0 Å². The minimum absolute atomic E-state index is 0.0945. The maximum Gasteiger partial charge on any atom is 0.408 e. The van der Waals surface area contributed by atoms with E-state index >= 15 is 0 Å². The van der Waals surface area contributed by atoms with Crippen LogP contribution in [0.3, 0.4) is 0 Å². The summed E-state index contributed by atoms with van der Waals surface area (Å²) >= 11 is 0. The van der Waals surface area contributed by atoms with Gasteiger partial charge in [0.1, 0.15) is 17.7 Å². The number of nitrogens with two attached hydrogens (primary N) is 1. The van der Waals surface area contributed by atoms with Gasteiger partial charge in [-0.2, -0.15) is 0 Å². The topological polar surface area (TPSA) is 131 Å². The fourth-order valence-electron chi connectivity index (χ4n) is 4.24. The Bertz CT molecular complexity index is 913. The molecule has 0 saturated carbocycles. The maximum absolute atomic E-state index is 14.2. The molecule has 4 atom stereocenters. The molecule has 0 radical (unpaired) electrons. The van der Waals surface area contributed by atoms with Crippen molar-refractivity contribution in [1.82, 2.24) is 15.5 Å². The molecule has 38 heavy (non-hydrogen) atoms. The molecule has 0 fully saturated rings. The predicted octanol–water partition coefficient (Wildman–Crippen LogP) is 4.45. The Morgan fingerprint density at radius 3 is 2.05 bits per heavy atom. The molecule has 0 aromatic heterocycles. The van der Waals surface area contributed by atoms with Crippen molar-refractivity contribution < 1.29 is 23.9 Å². The molecular formula is C29H48N4O5. The van der Waals surface area contributed by atoms with Crippen molar-refractivity contribution in [2.24, 2.45) is 11.7 Å². The highest BCUT2D eigenvalue weighted by Gasteiger charge is 2.39. The SMILES string of the molecule is CCCC(C)NC(=O)C(c1ccccc1)N(C(=O)C(CC(N)=O)NC(=O)OC(C)(C)C)C(C)CCC(C)C. The van der Waals surface area contributed by atoms with Crippen LogP contribution in [0, 0.1) is 5.92 Å². The van der Waals surface area contributed by atoms with Crippen LogP contribution >= 0.6 is 0 Å². The number of primary amides is 1. The van der Waals surface area contributed by atoms with Gasteiger partial charge in [-0.25, -0.2) is 4.79 Å². The zero-order valence-corrected chi connectivity index (χ0v) is 24.4. The number of carbonyl (C=O) groups is 4. The third kappa shape index (κ3) is 11.5. The Kier molecular flexibility index (Phi) is 13.3. The minimum Gasteiger partial charge on any atom is -0.444 e. The number of nitrogens with zero attached hydrogens (tertiary/aromatic N) is 1. The molecule has 9 heteroatoms. The van der Waals surface area contributed by atoms with Crippen molar-refractivity contribution in [3.8, 4) is 0 Å². The van der Waals surface area contributed by atoms with E-state index in [0.29, 0.717) is 17.9 Å². The first-order valence-electron chi connectivity index (χ1n) is 13.6. The van der Waals surface area contributed by atoms with Gasteiger partial charge in [-0.1, -0.05) is 57.5 Å². The first-order valence-corrected chi connectivity index (χ1v) is 13.6. The van der Waals surface area contributed by atoms with Crippen LogP contribution in [0.25, 0.3) is 0 Å². The van der Waals surface area contributed by atoms with E-state index in [1.165, 1.54) is 4.90 Å². The fraction of sp³-hybridized carbons (Fsp3) is 0.655. The van der Waals surface area contributed by atoms with Crippen molar-refractivity contribution in [2.45, 2.75) is 117 Å². The van der Waals surface area contributed by atoms with Gasteiger partial charge in [-0.15, -0.1) is 0 Å². The van der Waals surface area contributed by atoms with Crippen LogP contribution in [0.4, 0.5) is 4.79 Å². The molecule has 9 nitrogen and oxygen atoms in total. The minimum atomic E-state index is -1.30. The Morgan fingerprint density at radius 1 is 0.947 bits per heavy atom. The van der Waals surface area contributed by atoms with Gasteiger partial charge in [-0.05, 0) is 65.4 Å². The average molecular weight is 533 g/mol. The predicted molar refractivity (Wildman–Crippen MR) is 149 cm³/mol. The molecule has 4 unspecified atom stereocenters. The lowest BCUT2D eigenvalue weighted by molar-refractivity contribution is -0.146. The molecule has 0 saturated heterocycles. The summed E-state index contributed by atoms with van der Waals surface area (Å²) < 4.78 is 5.34. The van der Waals surface area contributed by atoms with Gasteiger partial charge < -0.3 is 26.0 Å². The third-order valence-corrected chi connectivity index (χ3v) is 6.04. The molecule has 0 aliphatic rings. The van der Waals surface area contributed by atoms with Crippen LogP contribution in [0.15, 0.2) is 30.3 Å². The van der Waals surface area contributed by atoms with Gasteiger partial charge in [0.05, 0.1) is 6.42 Å². The quantitative estimate of drug-likeness (QED) is 0.326. The molecule has 1 aromatic rings. The van der Waals surface area contributed by atoms with Gasteiger partial charge in [-0.3, -0.25) is 14.4 Å². The molecule has 0 spiro atoms. The van der Waals surface area contributed by atoms with Gasteiger partial charge in [0.15, 0.2) is 0 Å². The van der Waals surface area contributed by atoms with Crippen molar-refractivity contribution in [3.05, 3.63) is 35.9 Å². The highest BCUT2D eigenvalue weighted by molar-refractivity contribution is 5.94. The van der Waals surface area contributed by atoms with Crippen LogP contribution in [0.1, 0.15) is 99.1 Å². The third-order valence-electron chi connectivity index (χ3n) is 6.04. The Labute approximate surface area is 228 Å². The summed E-state index contributed by atoms with van der Waals surface area (Å²) in [5.74, 6) is -1.27. The number of hydrogen-bond donors (Lipinski definition) is 3. The van der Waals surface area contributed by atoms with E-state index in [4.69, 9.17) is 10.5 Å². The second kappa shape index (κ2) is 15.3. The smallest absolute Gasteiger partial charge is 0.408 e. The summed E-state index contributed by atoms with van der Waals surface area (Å²) in [4.78, 5) is 54.0. The summed E-state index contributed by atoms with van der Waals surface area (Å²) in [7, 11) is 0. The first-order chi connectivity index (χ1) is 17.7. The zero-order chi connectivity index (χ0) is 29.0. The van der Waals surface area contributed by atoms with Gasteiger partial charge >= 0.3 is 6.09 Å². The lowest BCUT2D eigenvalue weighted by Crippen LogP contribution is -2.56. The Hall–Kier alpha value is -3.10. The molecule has 1 aromatic carbocycles. The Balaban J connectivity index is 3.57. The van der Waals surface area contributed by atoms with E-state index in [2.05, 4.69) is 24.5 Å². The van der Waals surface area contributed by atoms with Crippen LogP contribution in [-0.2, 0) is 19.1 Å². The van der Waals surface area contributed by atoms with E-state index in [0.717, 1.165) is 19.3 Å². The van der Waals surface area contributed by atoms with E-state index in [9.17, 15) is 19.2 Å². The van der Waals surface area contributed by atoms with Crippen LogP contribution in [-0.4, -0.2) is 52.4 Å². The largest absolute Gasteiger partial charge is 0.444 e. The van der Waals surface area contributed by atoms with Gasteiger partial charge in [0.2, 0.25) is 17.7 Å². The number of benzene rings is 1. The second-order valence-electron chi connectivity index (χ2n) is 11.4. The molecular weight excluding hydrogens is 484 g/mol. The van der Waals surface area contributed by atoms with E-state index in [1.807, 2.05) is 39.0 Å². The summed E-state index contributed by atoms with van der Waals surface area (Å²) in [6, 6.07) is 6.33. The summed E-state index contributed by atoms with van der Waals surface area (Å²) in [6.45, 7) is 15.1. The lowest BCUT2D eigenvalue weighted by Gasteiger charge is -2.39. The second-order valence-corrected chi connectivity index (χ2v) is 11.4. The molecule has 0 heterocycles. The average Bonchev–Trinajstić information content (AvgIpc) is 2.79. The lowest BCUT2D eigenvalue weighted by atomic mass is 9.96. The number of carbonyl (C=O) groups excluding carboxylic acids is 4. The molecule has 4 N–H and O–H groups in total. The molecule has 0 bridgehead atoms. The van der Waals surface area contributed by atoms with Crippen molar-refractivity contribution >= 4 is 23.8 Å². The molecule has 1 rings (SSSR count). The van der Waals surface area contributed by atoms with Crippen molar-refractivity contribution in [2.75, 3.05) is 0 Å². The highest BCUT2D eigenvalue weighted by atomic mass is 16.6. The summed E-state index contributed by atoms with van der Waals surface area (Å²) in [5, 5.41) is 5.58. The number of ether oxygens (including phenoxy) is 1. The normalized spacial score (nSPS) is 14.7. The highest BCUT2D eigenvalue weighted by Crippen LogP contribution is 2.28. The number of hydrogen-bond acceptors (Lipinski definition) is 5.